The average Bonchev–Trinajstić information content (AvgIpc) is 1.88. The third-order valence-corrected chi connectivity index (χ3v) is 1.58. The Kier molecular flexibility index (Phi) is 5.53. The fourth-order valence-corrected chi connectivity index (χ4v) is 0.851. The van der Waals surface area contributed by atoms with Gasteiger partial charge >= 0.3 is 5.97 Å². The zero-order valence-electron chi connectivity index (χ0n) is 7.21. The van der Waals surface area contributed by atoms with Crippen molar-refractivity contribution in [3.8, 4) is 0 Å². The Morgan fingerprint density at radius 3 is 2.45 bits per heavy atom. The molecule has 1 N–H and O–H groups in total. The summed E-state index contributed by atoms with van der Waals surface area (Å²) in [5.41, 5.74) is 0. The zero-order chi connectivity index (χ0) is 8.69. The number of carbonyl (C=O) groups is 1. The number of rotatable bonds is 3. The van der Waals surface area contributed by atoms with Crippen LogP contribution in [0.25, 0.3) is 0 Å². The first-order chi connectivity index (χ1) is 5.29. The van der Waals surface area contributed by atoms with E-state index in [-0.39, 0.29) is 0 Å². The van der Waals surface area contributed by atoms with E-state index < -0.39 is 5.97 Å². The van der Waals surface area contributed by atoms with E-state index in [1.807, 2.05) is 13.8 Å². The molecule has 2 nitrogen and oxygen atoms in total. The summed E-state index contributed by atoms with van der Waals surface area (Å²) >= 11 is 0. The standard InChI is InChI=1S/C7H10O2.C2H6/c8-7(9)5-4-6-2-1-3-6;1-2/h1-2,6H,3-5H2,(H,8,9);1-2H3. The van der Waals surface area contributed by atoms with Crippen LogP contribution in [0, 0.1) is 5.92 Å². The summed E-state index contributed by atoms with van der Waals surface area (Å²) in [5, 5.41) is 8.26. The van der Waals surface area contributed by atoms with Gasteiger partial charge in [-0.1, -0.05) is 26.0 Å². The highest BCUT2D eigenvalue weighted by Gasteiger charge is 2.10. The van der Waals surface area contributed by atoms with Gasteiger partial charge in [0.15, 0.2) is 0 Å². The maximum Gasteiger partial charge on any atom is 0.303 e. The maximum absolute atomic E-state index is 10.0. The predicted molar refractivity (Wildman–Crippen MR) is 45.5 cm³/mol. The fourth-order valence-electron chi connectivity index (χ4n) is 0.851. The summed E-state index contributed by atoms with van der Waals surface area (Å²) in [4.78, 5) is 10.0. The lowest BCUT2D eigenvalue weighted by Crippen LogP contribution is -2.05. The predicted octanol–water partition coefficient (Wildman–Crippen LogP) is 2.45. The van der Waals surface area contributed by atoms with Crippen molar-refractivity contribution >= 4 is 5.97 Å². The molecular formula is C9H16O2. The van der Waals surface area contributed by atoms with E-state index >= 15 is 0 Å². The topological polar surface area (TPSA) is 37.3 Å². The van der Waals surface area contributed by atoms with Crippen LogP contribution in [-0.2, 0) is 4.79 Å². The number of hydrogen-bond acceptors (Lipinski definition) is 1. The number of carboxylic acid groups (broad SMARTS) is 1. The molecule has 0 fully saturated rings. The van der Waals surface area contributed by atoms with Gasteiger partial charge in [0.2, 0.25) is 0 Å². The van der Waals surface area contributed by atoms with Crippen LogP contribution in [0.2, 0.25) is 0 Å². The van der Waals surface area contributed by atoms with Crippen LogP contribution >= 0.6 is 0 Å². The summed E-state index contributed by atoms with van der Waals surface area (Å²) in [6, 6.07) is 0. The van der Waals surface area contributed by atoms with Crippen molar-refractivity contribution in [3.05, 3.63) is 12.2 Å². The van der Waals surface area contributed by atoms with Gasteiger partial charge < -0.3 is 5.11 Å². The number of allylic oxidation sites excluding steroid dienone is 2. The van der Waals surface area contributed by atoms with E-state index in [0.29, 0.717) is 12.3 Å². The molecule has 0 spiro atoms. The first kappa shape index (κ1) is 10.2. The Morgan fingerprint density at radius 2 is 2.18 bits per heavy atom. The Labute approximate surface area is 67.9 Å². The number of hydrogen-bond donors (Lipinski definition) is 1. The molecule has 0 aromatic heterocycles. The molecule has 0 aromatic carbocycles. The lowest BCUT2D eigenvalue weighted by atomic mass is 9.91. The molecule has 0 heterocycles. The quantitative estimate of drug-likeness (QED) is 0.637. The minimum Gasteiger partial charge on any atom is -0.481 e. The molecule has 1 atom stereocenters. The van der Waals surface area contributed by atoms with E-state index in [2.05, 4.69) is 12.2 Å². The first-order valence-electron chi connectivity index (χ1n) is 4.17. The molecule has 1 unspecified atom stereocenters. The molecular weight excluding hydrogens is 140 g/mol. The molecule has 64 valence electrons. The van der Waals surface area contributed by atoms with Crippen LogP contribution in [-0.4, -0.2) is 11.1 Å². The van der Waals surface area contributed by atoms with Crippen molar-refractivity contribution in [1.29, 1.82) is 0 Å². The van der Waals surface area contributed by atoms with E-state index in [0.717, 1.165) is 12.8 Å². The summed E-state index contributed by atoms with van der Waals surface area (Å²) in [6.45, 7) is 4.00. The smallest absolute Gasteiger partial charge is 0.303 e. The minimum absolute atomic E-state index is 0.314. The highest BCUT2D eigenvalue weighted by Crippen LogP contribution is 2.21. The van der Waals surface area contributed by atoms with Gasteiger partial charge in [-0.3, -0.25) is 4.79 Å². The van der Waals surface area contributed by atoms with E-state index in [4.69, 9.17) is 5.11 Å². The summed E-state index contributed by atoms with van der Waals surface area (Å²) in [7, 11) is 0. The Bertz CT molecular complexity index is 138. The largest absolute Gasteiger partial charge is 0.481 e. The lowest BCUT2D eigenvalue weighted by Gasteiger charge is -2.15. The van der Waals surface area contributed by atoms with Crippen molar-refractivity contribution in [2.24, 2.45) is 5.92 Å². The van der Waals surface area contributed by atoms with Crippen LogP contribution in [0.15, 0.2) is 12.2 Å². The van der Waals surface area contributed by atoms with E-state index in [9.17, 15) is 4.79 Å². The monoisotopic (exact) mass is 156 g/mol. The molecule has 0 aliphatic heterocycles. The maximum atomic E-state index is 10.0. The molecule has 1 aliphatic carbocycles. The molecule has 0 aromatic rings. The van der Waals surface area contributed by atoms with Gasteiger partial charge in [0.05, 0.1) is 0 Å². The van der Waals surface area contributed by atoms with Crippen molar-refractivity contribution < 1.29 is 9.90 Å². The van der Waals surface area contributed by atoms with Crippen molar-refractivity contribution in [2.75, 3.05) is 0 Å². The molecule has 1 aliphatic rings. The summed E-state index contributed by atoms with van der Waals surface area (Å²) in [5.74, 6) is -0.128. The number of carboxylic acids is 1. The molecule has 0 amide bonds. The second-order valence-electron chi connectivity index (χ2n) is 2.36. The third kappa shape index (κ3) is 4.59. The SMILES string of the molecule is CC.O=C(O)CCC1C=CC1. The molecule has 0 radical (unpaired) electrons. The molecule has 2 heteroatoms. The van der Waals surface area contributed by atoms with Gasteiger partial charge in [0.1, 0.15) is 0 Å². The second-order valence-corrected chi connectivity index (χ2v) is 2.36. The highest BCUT2D eigenvalue weighted by atomic mass is 16.4. The Balaban J connectivity index is 0.000000461. The molecule has 1 rings (SSSR count). The van der Waals surface area contributed by atoms with Crippen molar-refractivity contribution in [1.82, 2.24) is 0 Å². The summed E-state index contributed by atoms with van der Waals surface area (Å²) < 4.78 is 0. The molecule has 0 saturated heterocycles. The van der Waals surface area contributed by atoms with Gasteiger partial charge in [-0.15, -0.1) is 0 Å². The van der Waals surface area contributed by atoms with Crippen molar-refractivity contribution in [2.45, 2.75) is 33.1 Å². The van der Waals surface area contributed by atoms with Crippen LogP contribution in [0.4, 0.5) is 0 Å². The van der Waals surface area contributed by atoms with Crippen molar-refractivity contribution in [3.63, 3.8) is 0 Å². The van der Waals surface area contributed by atoms with E-state index in [1.54, 1.807) is 0 Å². The van der Waals surface area contributed by atoms with Gasteiger partial charge in [0.25, 0.3) is 0 Å². The van der Waals surface area contributed by atoms with Crippen LogP contribution in [0.5, 0.6) is 0 Å². The van der Waals surface area contributed by atoms with Gasteiger partial charge in [-0.25, -0.2) is 0 Å². The first-order valence-corrected chi connectivity index (χ1v) is 4.17. The van der Waals surface area contributed by atoms with Gasteiger partial charge in [-0.2, -0.15) is 0 Å². The molecule has 0 saturated carbocycles. The third-order valence-electron chi connectivity index (χ3n) is 1.58. The van der Waals surface area contributed by atoms with Gasteiger partial charge in [-0.05, 0) is 18.8 Å². The normalized spacial score (nSPS) is 19.6. The van der Waals surface area contributed by atoms with Crippen LogP contribution in [0.3, 0.4) is 0 Å². The minimum atomic E-state index is -0.685. The molecule has 11 heavy (non-hydrogen) atoms. The average molecular weight is 156 g/mol. The fraction of sp³-hybridized carbons (Fsp3) is 0.667. The Hall–Kier alpha value is -0.790. The zero-order valence-corrected chi connectivity index (χ0v) is 7.21. The summed E-state index contributed by atoms with van der Waals surface area (Å²) in [6.07, 6.45) is 6.35. The van der Waals surface area contributed by atoms with Gasteiger partial charge in [0, 0.05) is 6.42 Å². The highest BCUT2D eigenvalue weighted by molar-refractivity contribution is 5.66. The second kappa shape index (κ2) is 5.96. The van der Waals surface area contributed by atoms with Crippen LogP contribution < -0.4 is 0 Å². The molecule has 0 bridgehead atoms. The number of aliphatic carboxylic acids is 1. The lowest BCUT2D eigenvalue weighted by molar-refractivity contribution is -0.137. The van der Waals surface area contributed by atoms with E-state index in [1.165, 1.54) is 0 Å². The van der Waals surface area contributed by atoms with Crippen LogP contribution in [0.1, 0.15) is 33.1 Å². The Morgan fingerprint density at radius 1 is 1.64 bits per heavy atom.